The van der Waals surface area contributed by atoms with Crippen molar-refractivity contribution in [3.63, 3.8) is 0 Å². The largest absolute Gasteiger partial charge is 0.346 e. The van der Waals surface area contributed by atoms with Gasteiger partial charge in [0.2, 0.25) is 0 Å². The molecule has 0 fully saturated rings. The first-order valence-electron chi connectivity index (χ1n) is 6.76. The van der Waals surface area contributed by atoms with E-state index in [0.717, 1.165) is 11.1 Å². The summed E-state index contributed by atoms with van der Waals surface area (Å²) < 4.78 is 0. The zero-order valence-electron chi connectivity index (χ0n) is 11.9. The van der Waals surface area contributed by atoms with Crippen molar-refractivity contribution in [2.75, 3.05) is 0 Å². The Labute approximate surface area is 119 Å². The molecule has 3 heteroatoms. The van der Waals surface area contributed by atoms with Gasteiger partial charge in [0.1, 0.15) is 0 Å². The molecule has 0 aliphatic rings. The molecule has 3 N–H and O–H groups in total. The quantitative estimate of drug-likeness (QED) is 0.895. The summed E-state index contributed by atoms with van der Waals surface area (Å²) in [4.78, 5) is 12.2. The van der Waals surface area contributed by atoms with E-state index >= 15 is 0 Å². The van der Waals surface area contributed by atoms with Crippen molar-refractivity contribution in [1.82, 2.24) is 5.32 Å². The lowest BCUT2D eigenvalue weighted by atomic mass is 10.1. The van der Waals surface area contributed by atoms with Gasteiger partial charge in [-0.05, 0) is 37.1 Å². The number of hydrogen-bond acceptors (Lipinski definition) is 2. The Balaban J connectivity index is 2.04. The van der Waals surface area contributed by atoms with Crippen LogP contribution in [0, 0.1) is 6.92 Å². The first-order chi connectivity index (χ1) is 9.60. The topological polar surface area (TPSA) is 55.1 Å². The molecule has 2 aromatic rings. The molecule has 0 aliphatic carbocycles. The molecule has 0 saturated carbocycles. The average molecular weight is 268 g/mol. The smallest absolute Gasteiger partial charge is 0.251 e. The molecular formula is C17H20N2O. The second-order valence-corrected chi connectivity index (χ2v) is 5.01. The molecule has 2 aromatic carbocycles. The van der Waals surface area contributed by atoms with Crippen LogP contribution in [-0.2, 0) is 6.54 Å². The second kappa shape index (κ2) is 6.35. The number of amides is 1. The number of nitrogens with two attached hydrogens (primary N) is 1. The molecule has 0 spiro atoms. The van der Waals surface area contributed by atoms with E-state index in [4.69, 9.17) is 5.73 Å². The summed E-state index contributed by atoms with van der Waals surface area (Å²) >= 11 is 0. The molecule has 0 aliphatic heterocycles. The van der Waals surface area contributed by atoms with Gasteiger partial charge in [-0.1, -0.05) is 42.0 Å². The second-order valence-electron chi connectivity index (χ2n) is 5.01. The van der Waals surface area contributed by atoms with E-state index in [2.05, 4.69) is 5.32 Å². The highest BCUT2D eigenvalue weighted by molar-refractivity contribution is 5.94. The molecule has 104 valence electrons. The van der Waals surface area contributed by atoms with Crippen molar-refractivity contribution in [3.8, 4) is 0 Å². The van der Waals surface area contributed by atoms with Crippen LogP contribution in [0.4, 0.5) is 0 Å². The molecule has 20 heavy (non-hydrogen) atoms. The monoisotopic (exact) mass is 268 g/mol. The fourth-order valence-corrected chi connectivity index (χ4v) is 2.01. The summed E-state index contributed by atoms with van der Waals surface area (Å²) in [6, 6.07) is 15.5. The van der Waals surface area contributed by atoms with Crippen LogP contribution in [0.15, 0.2) is 48.5 Å². The maximum absolute atomic E-state index is 12.2. The molecule has 0 radical (unpaired) electrons. The Morgan fingerprint density at radius 3 is 2.25 bits per heavy atom. The molecule has 2 rings (SSSR count). The van der Waals surface area contributed by atoms with Crippen LogP contribution < -0.4 is 11.1 Å². The fourth-order valence-electron chi connectivity index (χ4n) is 2.01. The van der Waals surface area contributed by atoms with E-state index in [1.807, 2.05) is 50.2 Å². The maximum Gasteiger partial charge on any atom is 0.251 e. The van der Waals surface area contributed by atoms with Crippen LogP contribution >= 0.6 is 0 Å². The average Bonchev–Trinajstić information content (AvgIpc) is 2.48. The highest BCUT2D eigenvalue weighted by Crippen LogP contribution is 2.14. The third-order valence-corrected chi connectivity index (χ3v) is 3.38. The highest BCUT2D eigenvalue weighted by atomic mass is 16.1. The van der Waals surface area contributed by atoms with Crippen molar-refractivity contribution >= 4 is 5.91 Å². The van der Waals surface area contributed by atoms with E-state index in [1.165, 1.54) is 5.56 Å². The van der Waals surface area contributed by atoms with Crippen LogP contribution in [0.5, 0.6) is 0 Å². The van der Waals surface area contributed by atoms with Gasteiger partial charge in [0.15, 0.2) is 0 Å². The lowest BCUT2D eigenvalue weighted by Gasteiger charge is -2.14. The Bertz CT molecular complexity index is 573. The number of benzene rings is 2. The molecular weight excluding hydrogens is 248 g/mol. The first-order valence-corrected chi connectivity index (χ1v) is 6.76. The van der Waals surface area contributed by atoms with E-state index in [0.29, 0.717) is 12.1 Å². The van der Waals surface area contributed by atoms with Gasteiger partial charge in [-0.25, -0.2) is 0 Å². The van der Waals surface area contributed by atoms with Crippen molar-refractivity contribution in [2.45, 2.75) is 26.4 Å². The van der Waals surface area contributed by atoms with Gasteiger partial charge in [0.25, 0.3) is 5.91 Å². The van der Waals surface area contributed by atoms with E-state index < -0.39 is 0 Å². The maximum atomic E-state index is 12.2. The van der Waals surface area contributed by atoms with Crippen molar-refractivity contribution < 1.29 is 4.79 Å². The summed E-state index contributed by atoms with van der Waals surface area (Å²) in [5.41, 5.74) is 9.53. The summed E-state index contributed by atoms with van der Waals surface area (Å²) in [7, 11) is 0. The predicted molar refractivity (Wildman–Crippen MR) is 81.4 cm³/mol. The van der Waals surface area contributed by atoms with Gasteiger partial charge in [-0.2, -0.15) is 0 Å². The number of carbonyl (C=O) groups is 1. The molecule has 1 atom stereocenters. The summed E-state index contributed by atoms with van der Waals surface area (Å²) in [5.74, 6) is -0.0679. The van der Waals surface area contributed by atoms with Gasteiger partial charge in [0.05, 0.1) is 6.04 Å². The summed E-state index contributed by atoms with van der Waals surface area (Å²) in [5, 5.41) is 3.00. The van der Waals surface area contributed by atoms with Crippen molar-refractivity contribution in [3.05, 3.63) is 70.8 Å². The third-order valence-electron chi connectivity index (χ3n) is 3.38. The van der Waals surface area contributed by atoms with Crippen LogP contribution in [0.25, 0.3) is 0 Å². The van der Waals surface area contributed by atoms with Gasteiger partial charge < -0.3 is 11.1 Å². The lowest BCUT2D eigenvalue weighted by Crippen LogP contribution is -2.26. The zero-order valence-corrected chi connectivity index (χ0v) is 11.9. The minimum Gasteiger partial charge on any atom is -0.346 e. The van der Waals surface area contributed by atoms with Crippen molar-refractivity contribution in [2.24, 2.45) is 5.73 Å². The molecule has 0 heterocycles. The molecule has 3 nitrogen and oxygen atoms in total. The lowest BCUT2D eigenvalue weighted by molar-refractivity contribution is 0.0940. The van der Waals surface area contributed by atoms with Crippen LogP contribution in [0.3, 0.4) is 0 Å². The number of rotatable bonds is 4. The van der Waals surface area contributed by atoms with E-state index in [-0.39, 0.29) is 11.9 Å². The van der Waals surface area contributed by atoms with Gasteiger partial charge in [0, 0.05) is 12.1 Å². The van der Waals surface area contributed by atoms with Gasteiger partial charge >= 0.3 is 0 Å². The van der Waals surface area contributed by atoms with Crippen LogP contribution in [0.2, 0.25) is 0 Å². The number of aryl methyl sites for hydroxylation is 1. The molecule has 0 saturated heterocycles. The van der Waals surface area contributed by atoms with Crippen molar-refractivity contribution in [1.29, 1.82) is 0 Å². The van der Waals surface area contributed by atoms with E-state index in [9.17, 15) is 4.79 Å². The number of nitrogens with one attached hydrogen (secondary N) is 1. The zero-order chi connectivity index (χ0) is 14.5. The number of carbonyl (C=O) groups excluding carboxylic acids is 1. The first kappa shape index (κ1) is 14.3. The standard InChI is InChI=1S/C17H20N2O/c1-12-3-7-15(8-4-12)13(2)19-17(20)16-9-5-14(11-18)6-10-16/h3-10,13H,11,18H2,1-2H3,(H,19,20). The van der Waals surface area contributed by atoms with Gasteiger partial charge in [-0.3, -0.25) is 4.79 Å². The summed E-state index contributed by atoms with van der Waals surface area (Å²) in [6.45, 7) is 4.52. The third kappa shape index (κ3) is 3.45. The Kier molecular flexibility index (Phi) is 4.53. The summed E-state index contributed by atoms with van der Waals surface area (Å²) in [6.07, 6.45) is 0. The normalized spacial score (nSPS) is 11.9. The molecule has 1 amide bonds. The van der Waals surface area contributed by atoms with E-state index in [1.54, 1.807) is 12.1 Å². The molecule has 1 unspecified atom stereocenters. The minimum atomic E-state index is -0.0679. The Morgan fingerprint density at radius 2 is 1.70 bits per heavy atom. The number of hydrogen-bond donors (Lipinski definition) is 2. The van der Waals surface area contributed by atoms with Crippen LogP contribution in [-0.4, -0.2) is 5.91 Å². The fraction of sp³-hybridized carbons (Fsp3) is 0.235. The molecule has 0 aromatic heterocycles. The predicted octanol–water partition coefficient (Wildman–Crippen LogP) is 2.94. The van der Waals surface area contributed by atoms with Crippen LogP contribution in [0.1, 0.15) is 40.0 Å². The Hall–Kier alpha value is -2.13. The SMILES string of the molecule is Cc1ccc(C(C)NC(=O)c2ccc(CN)cc2)cc1. The molecule has 0 bridgehead atoms. The highest BCUT2D eigenvalue weighted by Gasteiger charge is 2.11. The Morgan fingerprint density at radius 1 is 1.10 bits per heavy atom. The van der Waals surface area contributed by atoms with Gasteiger partial charge in [-0.15, -0.1) is 0 Å². The minimum absolute atomic E-state index is 0.0164.